The van der Waals surface area contributed by atoms with Crippen molar-refractivity contribution in [1.82, 2.24) is 0 Å². The minimum absolute atomic E-state index is 0.285. The van der Waals surface area contributed by atoms with Crippen molar-refractivity contribution in [2.75, 3.05) is 0 Å². The molecule has 0 aliphatic carbocycles. The maximum absolute atomic E-state index is 5.85. The van der Waals surface area contributed by atoms with Gasteiger partial charge in [0.15, 0.2) is 0 Å². The van der Waals surface area contributed by atoms with Crippen molar-refractivity contribution in [2.45, 2.75) is 18.2 Å². The van der Waals surface area contributed by atoms with E-state index < -0.39 is 0 Å². The molecule has 0 radical (unpaired) electrons. The smallest absolute Gasteiger partial charge is 0.105 e. The van der Waals surface area contributed by atoms with Crippen LogP contribution in [-0.2, 0) is 6.42 Å². The highest BCUT2D eigenvalue weighted by molar-refractivity contribution is 9.09. The summed E-state index contributed by atoms with van der Waals surface area (Å²) >= 11 is 9.52. The Morgan fingerprint density at radius 3 is 2.50 bits per heavy atom. The molecule has 1 aromatic carbocycles. The molecule has 2 rings (SSSR count). The zero-order valence-corrected chi connectivity index (χ0v) is 11.3. The molecule has 84 valence electrons. The van der Waals surface area contributed by atoms with E-state index in [-0.39, 0.29) is 4.83 Å². The van der Waals surface area contributed by atoms with E-state index in [9.17, 15) is 0 Å². The summed E-state index contributed by atoms with van der Waals surface area (Å²) in [5, 5.41) is 0.773. The van der Waals surface area contributed by atoms with Crippen LogP contribution < -0.4 is 0 Å². The highest BCUT2D eigenvalue weighted by atomic mass is 79.9. The van der Waals surface area contributed by atoms with Crippen molar-refractivity contribution in [2.24, 2.45) is 0 Å². The fourth-order valence-corrected chi connectivity index (χ4v) is 2.63. The van der Waals surface area contributed by atoms with Gasteiger partial charge in [0, 0.05) is 15.4 Å². The molecule has 0 spiro atoms. The van der Waals surface area contributed by atoms with Gasteiger partial charge in [-0.05, 0) is 37.1 Å². The third-order valence-corrected chi connectivity index (χ3v) is 3.63. The van der Waals surface area contributed by atoms with Crippen LogP contribution in [0, 0.1) is 6.92 Å². The minimum atomic E-state index is 0.285. The number of rotatable bonds is 3. The molecule has 16 heavy (non-hydrogen) atoms. The van der Waals surface area contributed by atoms with E-state index in [4.69, 9.17) is 16.0 Å². The molecule has 1 nitrogen and oxygen atoms in total. The third kappa shape index (κ3) is 2.69. The highest BCUT2D eigenvalue weighted by Gasteiger charge is 2.12. The molecular formula is C13H12BrClO. The molecule has 1 atom stereocenters. The molecule has 0 amide bonds. The number of benzene rings is 1. The zero-order chi connectivity index (χ0) is 11.5. The first-order valence-electron chi connectivity index (χ1n) is 5.09. The first-order chi connectivity index (χ1) is 7.66. The van der Waals surface area contributed by atoms with Crippen LogP contribution in [0.3, 0.4) is 0 Å². The van der Waals surface area contributed by atoms with Crippen LogP contribution in [0.25, 0.3) is 0 Å². The standard InChI is InChI=1S/C13H12BrClO/c1-9-12(6-7-16-9)13(14)8-10-2-4-11(15)5-3-10/h2-7,13H,8H2,1H3. The maximum atomic E-state index is 5.85. The van der Waals surface area contributed by atoms with Gasteiger partial charge in [-0.1, -0.05) is 39.7 Å². The predicted molar refractivity (Wildman–Crippen MR) is 70.3 cm³/mol. The number of alkyl halides is 1. The lowest BCUT2D eigenvalue weighted by atomic mass is 10.1. The molecule has 1 aromatic heterocycles. The fraction of sp³-hybridized carbons (Fsp3) is 0.231. The zero-order valence-electron chi connectivity index (χ0n) is 8.91. The molecule has 0 saturated carbocycles. The van der Waals surface area contributed by atoms with E-state index >= 15 is 0 Å². The molecule has 3 heteroatoms. The summed E-state index contributed by atoms with van der Waals surface area (Å²) in [7, 11) is 0. The van der Waals surface area contributed by atoms with Crippen molar-refractivity contribution in [3.8, 4) is 0 Å². The lowest BCUT2D eigenvalue weighted by molar-refractivity contribution is 0.529. The lowest BCUT2D eigenvalue weighted by Gasteiger charge is -2.08. The summed E-state index contributed by atoms with van der Waals surface area (Å²) in [4.78, 5) is 0.285. The van der Waals surface area contributed by atoms with Gasteiger partial charge in [-0.2, -0.15) is 0 Å². The Bertz CT molecular complexity index is 461. The van der Waals surface area contributed by atoms with Crippen LogP contribution in [0.2, 0.25) is 5.02 Å². The van der Waals surface area contributed by atoms with Crippen molar-refractivity contribution >= 4 is 27.5 Å². The number of aryl methyl sites for hydroxylation is 1. The van der Waals surface area contributed by atoms with Crippen LogP contribution in [-0.4, -0.2) is 0 Å². The molecule has 2 aromatic rings. The topological polar surface area (TPSA) is 13.1 Å². The Kier molecular flexibility index (Phi) is 3.72. The molecule has 0 fully saturated rings. The predicted octanol–water partition coefficient (Wildman–Crippen LogP) is 4.92. The van der Waals surface area contributed by atoms with Crippen molar-refractivity contribution in [3.05, 3.63) is 58.5 Å². The largest absolute Gasteiger partial charge is 0.469 e. The second-order valence-corrected chi connectivity index (χ2v) is 5.27. The van der Waals surface area contributed by atoms with Gasteiger partial charge in [-0.25, -0.2) is 0 Å². The highest BCUT2D eigenvalue weighted by Crippen LogP contribution is 2.30. The molecule has 0 bridgehead atoms. The Balaban J connectivity index is 2.10. The first kappa shape index (κ1) is 11.7. The monoisotopic (exact) mass is 298 g/mol. The van der Waals surface area contributed by atoms with E-state index in [0.717, 1.165) is 17.2 Å². The van der Waals surface area contributed by atoms with E-state index in [1.807, 2.05) is 37.3 Å². The number of halogens is 2. The first-order valence-corrected chi connectivity index (χ1v) is 6.38. The summed E-state index contributed by atoms with van der Waals surface area (Å²) in [6.45, 7) is 1.98. The SMILES string of the molecule is Cc1occc1C(Br)Cc1ccc(Cl)cc1. The van der Waals surface area contributed by atoms with Crippen molar-refractivity contribution < 1.29 is 4.42 Å². The van der Waals surface area contributed by atoms with Gasteiger partial charge in [-0.3, -0.25) is 0 Å². The summed E-state index contributed by atoms with van der Waals surface area (Å²) < 4.78 is 5.29. The molecule has 0 saturated heterocycles. The summed E-state index contributed by atoms with van der Waals surface area (Å²) in [6, 6.07) is 9.93. The van der Waals surface area contributed by atoms with Gasteiger partial charge in [0.1, 0.15) is 5.76 Å². The van der Waals surface area contributed by atoms with Gasteiger partial charge < -0.3 is 4.42 Å². The van der Waals surface area contributed by atoms with Crippen molar-refractivity contribution in [1.29, 1.82) is 0 Å². The van der Waals surface area contributed by atoms with Crippen LogP contribution in [0.5, 0.6) is 0 Å². The van der Waals surface area contributed by atoms with Crippen LogP contribution in [0.15, 0.2) is 41.0 Å². The van der Waals surface area contributed by atoms with Crippen molar-refractivity contribution in [3.63, 3.8) is 0 Å². The van der Waals surface area contributed by atoms with Gasteiger partial charge in [0.25, 0.3) is 0 Å². The summed E-state index contributed by atoms with van der Waals surface area (Å²) in [6.07, 6.45) is 2.65. The van der Waals surface area contributed by atoms with Crippen LogP contribution in [0.1, 0.15) is 21.7 Å². The van der Waals surface area contributed by atoms with Crippen LogP contribution >= 0.6 is 27.5 Å². The van der Waals surface area contributed by atoms with E-state index in [2.05, 4.69) is 15.9 Å². The summed E-state index contributed by atoms with van der Waals surface area (Å²) in [5.74, 6) is 0.968. The molecule has 0 N–H and O–H groups in total. The number of hydrogen-bond donors (Lipinski definition) is 0. The lowest BCUT2D eigenvalue weighted by Crippen LogP contribution is -1.95. The molecular weight excluding hydrogens is 287 g/mol. The van der Waals surface area contributed by atoms with Gasteiger partial charge in [0.2, 0.25) is 0 Å². The normalized spacial score (nSPS) is 12.7. The van der Waals surface area contributed by atoms with E-state index in [0.29, 0.717) is 0 Å². The quantitative estimate of drug-likeness (QED) is 0.733. The van der Waals surface area contributed by atoms with E-state index in [1.165, 1.54) is 11.1 Å². The number of furan rings is 1. The average Bonchev–Trinajstić information content (AvgIpc) is 2.68. The Hall–Kier alpha value is -0.730. The Morgan fingerprint density at radius 2 is 1.94 bits per heavy atom. The molecule has 1 unspecified atom stereocenters. The third-order valence-electron chi connectivity index (χ3n) is 2.56. The molecule has 1 heterocycles. The molecule has 0 aliphatic heterocycles. The Labute approximate surface area is 109 Å². The summed E-state index contributed by atoms with van der Waals surface area (Å²) in [5.41, 5.74) is 2.46. The Morgan fingerprint density at radius 1 is 1.25 bits per heavy atom. The number of hydrogen-bond acceptors (Lipinski definition) is 1. The minimum Gasteiger partial charge on any atom is -0.469 e. The molecule has 0 aliphatic rings. The van der Waals surface area contributed by atoms with E-state index in [1.54, 1.807) is 6.26 Å². The second kappa shape index (κ2) is 5.07. The fourth-order valence-electron chi connectivity index (χ4n) is 1.66. The van der Waals surface area contributed by atoms with Gasteiger partial charge >= 0.3 is 0 Å². The second-order valence-electron chi connectivity index (χ2n) is 3.73. The van der Waals surface area contributed by atoms with Gasteiger partial charge in [-0.15, -0.1) is 0 Å². The maximum Gasteiger partial charge on any atom is 0.105 e. The van der Waals surface area contributed by atoms with Gasteiger partial charge in [0.05, 0.1) is 6.26 Å². The average molecular weight is 300 g/mol. The van der Waals surface area contributed by atoms with Crippen LogP contribution in [0.4, 0.5) is 0 Å².